The van der Waals surface area contributed by atoms with E-state index in [1.165, 1.54) is 0 Å². The van der Waals surface area contributed by atoms with Crippen molar-refractivity contribution in [1.29, 1.82) is 0 Å². The smallest absolute Gasteiger partial charge is 0.250 e. The van der Waals surface area contributed by atoms with Gasteiger partial charge in [-0.1, -0.05) is 12.1 Å². The second kappa shape index (κ2) is 5.09. The number of amides is 1. The zero-order valence-corrected chi connectivity index (χ0v) is 13.1. The molecule has 2 aromatic heterocycles. The predicted octanol–water partition coefficient (Wildman–Crippen LogP) is 3.37. The molecule has 5 nitrogen and oxygen atoms in total. The lowest BCUT2D eigenvalue weighted by molar-refractivity contribution is 0.100. The maximum Gasteiger partial charge on any atom is 0.250 e. The van der Waals surface area contributed by atoms with Crippen LogP contribution in [0.5, 0.6) is 0 Å². The summed E-state index contributed by atoms with van der Waals surface area (Å²) in [7, 11) is 0. The summed E-state index contributed by atoms with van der Waals surface area (Å²) in [5.41, 5.74) is 17.0. The Morgan fingerprint density at radius 3 is 2.58 bits per heavy atom. The Morgan fingerprint density at radius 1 is 1.04 bits per heavy atom. The highest BCUT2D eigenvalue weighted by Gasteiger charge is 2.15. The van der Waals surface area contributed by atoms with E-state index in [1.54, 1.807) is 12.3 Å². The third kappa shape index (κ3) is 2.18. The maximum atomic E-state index is 12.0. The number of aryl methyl sites for hydroxylation is 1. The minimum absolute atomic E-state index is 0.456. The van der Waals surface area contributed by atoms with Crippen molar-refractivity contribution in [3.05, 3.63) is 59.9 Å². The Labute approximate surface area is 138 Å². The molecule has 4 aromatic rings. The molecule has 0 bridgehead atoms. The molecule has 0 saturated heterocycles. The van der Waals surface area contributed by atoms with E-state index in [9.17, 15) is 4.79 Å². The van der Waals surface area contributed by atoms with Crippen LogP contribution >= 0.6 is 0 Å². The molecule has 0 aliphatic carbocycles. The average molecular weight is 316 g/mol. The summed E-state index contributed by atoms with van der Waals surface area (Å²) >= 11 is 0. The van der Waals surface area contributed by atoms with Crippen LogP contribution in [0.25, 0.3) is 32.9 Å². The topological polar surface area (TPSA) is 97.8 Å². The van der Waals surface area contributed by atoms with E-state index in [-0.39, 0.29) is 0 Å². The molecule has 0 spiro atoms. The van der Waals surface area contributed by atoms with Crippen LogP contribution in [0.15, 0.2) is 48.7 Å². The van der Waals surface area contributed by atoms with Crippen LogP contribution in [0.2, 0.25) is 0 Å². The summed E-state index contributed by atoms with van der Waals surface area (Å²) in [4.78, 5) is 19.5. The molecule has 2 heterocycles. The number of anilines is 1. The van der Waals surface area contributed by atoms with Gasteiger partial charge in [-0.15, -0.1) is 0 Å². The Balaban J connectivity index is 2.07. The normalized spacial score (nSPS) is 11.2. The van der Waals surface area contributed by atoms with E-state index in [0.29, 0.717) is 11.3 Å². The summed E-state index contributed by atoms with van der Waals surface area (Å²) in [5.74, 6) is -0.471. The SMILES string of the molecule is Cc1ccc(-c2cc(C(N)=O)c3[nH]c4cc(N)ccc4c3c2)cn1. The van der Waals surface area contributed by atoms with Crippen LogP contribution in [0.4, 0.5) is 5.69 Å². The first-order valence-electron chi connectivity index (χ1n) is 7.61. The first-order valence-corrected chi connectivity index (χ1v) is 7.61. The van der Waals surface area contributed by atoms with E-state index in [1.807, 2.05) is 43.3 Å². The van der Waals surface area contributed by atoms with Gasteiger partial charge >= 0.3 is 0 Å². The van der Waals surface area contributed by atoms with Gasteiger partial charge in [0.15, 0.2) is 0 Å². The first kappa shape index (κ1) is 14.3. The molecule has 5 N–H and O–H groups in total. The molecule has 4 rings (SSSR count). The number of hydrogen-bond acceptors (Lipinski definition) is 3. The Bertz CT molecular complexity index is 1090. The van der Waals surface area contributed by atoms with Gasteiger partial charge in [0, 0.05) is 39.4 Å². The number of aromatic amines is 1. The number of primary amides is 1. The number of H-pyrrole nitrogens is 1. The molecular weight excluding hydrogens is 300 g/mol. The van der Waals surface area contributed by atoms with Gasteiger partial charge in [0.2, 0.25) is 0 Å². The molecule has 118 valence electrons. The van der Waals surface area contributed by atoms with E-state index in [4.69, 9.17) is 11.5 Å². The number of nitrogens with two attached hydrogens (primary N) is 2. The molecular formula is C19H16N4O. The number of aromatic nitrogens is 2. The van der Waals surface area contributed by atoms with Crippen LogP contribution in [-0.2, 0) is 0 Å². The molecule has 0 saturated carbocycles. The van der Waals surface area contributed by atoms with Crippen LogP contribution in [0.3, 0.4) is 0 Å². The summed E-state index contributed by atoms with van der Waals surface area (Å²) in [6, 6.07) is 13.4. The molecule has 0 aliphatic heterocycles. The number of nitrogen functional groups attached to an aromatic ring is 1. The van der Waals surface area contributed by atoms with E-state index < -0.39 is 5.91 Å². The van der Waals surface area contributed by atoms with Gasteiger partial charge in [-0.3, -0.25) is 9.78 Å². The Hall–Kier alpha value is -3.34. The van der Waals surface area contributed by atoms with Gasteiger partial charge in [0.25, 0.3) is 5.91 Å². The fourth-order valence-corrected chi connectivity index (χ4v) is 3.02. The van der Waals surface area contributed by atoms with Crippen molar-refractivity contribution in [1.82, 2.24) is 9.97 Å². The lowest BCUT2D eigenvalue weighted by Crippen LogP contribution is -2.11. The number of pyridine rings is 1. The van der Waals surface area contributed by atoms with Crippen molar-refractivity contribution in [3.8, 4) is 11.1 Å². The van der Waals surface area contributed by atoms with Crippen molar-refractivity contribution < 1.29 is 4.79 Å². The monoisotopic (exact) mass is 316 g/mol. The molecule has 5 heteroatoms. The van der Waals surface area contributed by atoms with E-state index in [2.05, 4.69) is 9.97 Å². The summed E-state index contributed by atoms with van der Waals surface area (Å²) in [6.07, 6.45) is 1.80. The summed E-state index contributed by atoms with van der Waals surface area (Å²) < 4.78 is 0. The standard InChI is InChI=1S/C19H16N4O/c1-10-2-3-11(9-22-10)12-6-15-14-5-4-13(20)8-17(14)23-18(15)16(7-12)19(21)24/h2-9,23H,20H2,1H3,(H2,21,24). The highest BCUT2D eigenvalue weighted by atomic mass is 16.1. The van der Waals surface area contributed by atoms with Gasteiger partial charge in [0.1, 0.15) is 0 Å². The Morgan fingerprint density at radius 2 is 1.88 bits per heavy atom. The summed E-state index contributed by atoms with van der Waals surface area (Å²) in [5, 5.41) is 1.94. The maximum absolute atomic E-state index is 12.0. The molecule has 0 unspecified atom stereocenters. The Kier molecular flexibility index (Phi) is 3.03. The van der Waals surface area contributed by atoms with Crippen LogP contribution < -0.4 is 11.5 Å². The van der Waals surface area contributed by atoms with Crippen molar-refractivity contribution in [3.63, 3.8) is 0 Å². The highest BCUT2D eigenvalue weighted by Crippen LogP contribution is 2.33. The number of fused-ring (bicyclic) bond motifs is 3. The number of nitrogens with zero attached hydrogens (tertiary/aromatic N) is 1. The zero-order valence-electron chi connectivity index (χ0n) is 13.1. The molecule has 0 radical (unpaired) electrons. The number of hydrogen-bond donors (Lipinski definition) is 3. The van der Waals surface area contributed by atoms with Crippen LogP contribution in [-0.4, -0.2) is 15.9 Å². The van der Waals surface area contributed by atoms with Crippen molar-refractivity contribution in [2.24, 2.45) is 5.73 Å². The van der Waals surface area contributed by atoms with Crippen molar-refractivity contribution >= 4 is 33.4 Å². The van der Waals surface area contributed by atoms with Crippen LogP contribution in [0, 0.1) is 6.92 Å². The molecule has 0 aliphatic rings. The number of carbonyl (C=O) groups excluding carboxylic acids is 1. The minimum Gasteiger partial charge on any atom is -0.399 e. The number of carbonyl (C=O) groups is 1. The van der Waals surface area contributed by atoms with Gasteiger partial charge < -0.3 is 16.5 Å². The second-order valence-electron chi connectivity index (χ2n) is 5.93. The van der Waals surface area contributed by atoms with Crippen LogP contribution in [0.1, 0.15) is 16.1 Å². The molecule has 24 heavy (non-hydrogen) atoms. The molecule has 0 fully saturated rings. The fourth-order valence-electron chi connectivity index (χ4n) is 3.02. The van der Waals surface area contributed by atoms with Gasteiger partial charge in [-0.25, -0.2) is 0 Å². The first-order chi connectivity index (χ1) is 11.5. The second-order valence-corrected chi connectivity index (χ2v) is 5.93. The highest BCUT2D eigenvalue weighted by molar-refractivity contribution is 6.16. The average Bonchev–Trinajstić information content (AvgIpc) is 2.91. The van der Waals surface area contributed by atoms with Gasteiger partial charge in [-0.2, -0.15) is 0 Å². The van der Waals surface area contributed by atoms with Crippen molar-refractivity contribution in [2.45, 2.75) is 6.92 Å². The lowest BCUT2D eigenvalue weighted by Gasteiger charge is -2.06. The van der Waals surface area contributed by atoms with E-state index >= 15 is 0 Å². The third-order valence-electron chi connectivity index (χ3n) is 4.24. The quantitative estimate of drug-likeness (QED) is 0.494. The fraction of sp³-hybridized carbons (Fsp3) is 0.0526. The number of benzene rings is 2. The molecule has 1 amide bonds. The molecule has 0 atom stereocenters. The largest absolute Gasteiger partial charge is 0.399 e. The van der Waals surface area contributed by atoms with Gasteiger partial charge in [0.05, 0.1) is 11.1 Å². The summed E-state index contributed by atoms with van der Waals surface area (Å²) in [6.45, 7) is 1.94. The van der Waals surface area contributed by atoms with Crippen molar-refractivity contribution in [2.75, 3.05) is 5.73 Å². The van der Waals surface area contributed by atoms with E-state index in [0.717, 1.165) is 38.6 Å². The zero-order chi connectivity index (χ0) is 16.8. The lowest BCUT2D eigenvalue weighted by atomic mass is 9.99. The number of nitrogens with one attached hydrogen (secondary N) is 1. The minimum atomic E-state index is -0.471. The predicted molar refractivity (Wildman–Crippen MR) is 96.7 cm³/mol. The third-order valence-corrected chi connectivity index (χ3v) is 4.24. The van der Waals surface area contributed by atoms with Gasteiger partial charge in [-0.05, 0) is 42.8 Å². The molecule has 2 aromatic carbocycles. The number of rotatable bonds is 2.